The highest BCUT2D eigenvalue weighted by Gasteiger charge is 2.34. The van der Waals surface area contributed by atoms with Crippen LogP contribution in [0.1, 0.15) is 16.7 Å². The molecule has 2 heterocycles. The third-order valence-corrected chi connectivity index (χ3v) is 5.47. The van der Waals surface area contributed by atoms with Crippen LogP contribution in [0, 0.1) is 6.92 Å². The Bertz CT molecular complexity index is 923. The molecule has 2 aromatic rings. The highest BCUT2D eigenvalue weighted by Crippen LogP contribution is 2.37. The predicted octanol–water partition coefficient (Wildman–Crippen LogP) is 4.05. The highest BCUT2D eigenvalue weighted by atomic mass is 32.2. The first kappa shape index (κ1) is 17.7. The van der Waals surface area contributed by atoms with Gasteiger partial charge in [-0.3, -0.25) is 14.5 Å². The van der Waals surface area contributed by atoms with Crippen molar-refractivity contribution in [3.05, 3.63) is 64.1 Å². The number of hydrogen-bond donors (Lipinski definition) is 0. The number of nitrogens with zero attached hydrogens (tertiary/aromatic N) is 1. The molecule has 0 aliphatic carbocycles. The summed E-state index contributed by atoms with van der Waals surface area (Å²) >= 11 is 0.984. The van der Waals surface area contributed by atoms with Crippen LogP contribution in [-0.2, 0) is 11.2 Å². The van der Waals surface area contributed by atoms with E-state index in [0.29, 0.717) is 42.6 Å². The van der Waals surface area contributed by atoms with Gasteiger partial charge in [-0.05, 0) is 60.0 Å². The first-order chi connectivity index (χ1) is 13.1. The number of aryl methyl sites for hydroxylation is 1. The maximum atomic E-state index is 12.7. The van der Waals surface area contributed by atoms with E-state index in [2.05, 4.69) is 0 Å². The quantitative estimate of drug-likeness (QED) is 0.748. The van der Waals surface area contributed by atoms with Crippen molar-refractivity contribution in [1.82, 2.24) is 4.90 Å². The second-order valence-electron chi connectivity index (χ2n) is 6.42. The normalized spacial score (nSPS) is 17.7. The van der Waals surface area contributed by atoms with E-state index in [1.807, 2.05) is 49.4 Å². The number of rotatable bonds is 4. The van der Waals surface area contributed by atoms with Crippen LogP contribution < -0.4 is 9.47 Å². The second-order valence-corrected chi connectivity index (χ2v) is 7.41. The molecule has 0 aromatic heterocycles. The fourth-order valence-electron chi connectivity index (χ4n) is 3.08. The van der Waals surface area contributed by atoms with Crippen molar-refractivity contribution < 1.29 is 19.1 Å². The van der Waals surface area contributed by atoms with Crippen molar-refractivity contribution in [1.29, 1.82) is 0 Å². The number of benzene rings is 2. The monoisotopic (exact) mass is 381 g/mol. The number of amides is 2. The van der Waals surface area contributed by atoms with Crippen molar-refractivity contribution in [2.75, 3.05) is 19.8 Å². The molecule has 4 rings (SSSR count). The van der Waals surface area contributed by atoms with Gasteiger partial charge in [-0.2, -0.15) is 0 Å². The number of thioether (sulfide) groups is 1. The Balaban J connectivity index is 1.53. The summed E-state index contributed by atoms with van der Waals surface area (Å²) in [6.45, 7) is 3.37. The van der Waals surface area contributed by atoms with Gasteiger partial charge in [0.15, 0.2) is 11.5 Å². The van der Waals surface area contributed by atoms with E-state index in [0.717, 1.165) is 28.5 Å². The lowest BCUT2D eigenvalue weighted by Crippen LogP contribution is -2.30. The zero-order valence-corrected chi connectivity index (χ0v) is 15.8. The van der Waals surface area contributed by atoms with Gasteiger partial charge < -0.3 is 9.47 Å². The van der Waals surface area contributed by atoms with Gasteiger partial charge in [0.25, 0.3) is 11.1 Å². The molecule has 1 fully saturated rings. The fourth-order valence-corrected chi connectivity index (χ4v) is 3.94. The van der Waals surface area contributed by atoms with Gasteiger partial charge in [-0.25, -0.2) is 0 Å². The van der Waals surface area contributed by atoms with E-state index in [-0.39, 0.29) is 11.1 Å². The Kier molecular flexibility index (Phi) is 4.90. The average Bonchev–Trinajstić information content (AvgIpc) is 2.94. The summed E-state index contributed by atoms with van der Waals surface area (Å²) in [5, 5.41) is -0.225. The van der Waals surface area contributed by atoms with Crippen LogP contribution in [0.4, 0.5) is 4.79 Å². The van der Waals surface area contributed by atoms with Gasteiger partial charge in [0.1, 0.15) is 13.2 Å². The molecule has 2 amide bonds. The van der Waals surface area contributed by atoms with Crippen molar-refractivity contribution in [2.24, 2.45) is 0 Å². The lowest BCUT2D eigenvalue weighted by Gasteiger charge is -2.19. The fraction of sp³-hybridized carbons (Fsp3) is 0.238. The Morgan fingerprint density at radius 2 is 1.78 bits per heavy atom. The number of imide groups is 1. The molecule has 138 valence electrons. The van der Waals surface area contributed by atoms with Crippen molar-refractivity contribution in [2.45, 2.75) is 13.3 Å². The molecule has 2 aliphatic heterocycles. The van der Waals surface area contributed by atoms with Crippen LogP contribution >= 0.6 is 11.8 Å². The van der Waals surface area contributed by atoms with Gasteiger partial charge in [0.05, 0.1) is 4.91 Å². The molecule has 27 heavy (non-hydrogen) atoms. The Morgan fingerprint density at radius 3 is 2.52 bits per heavy atom. The summed E-state index contributed by atoms with van der Waals surface area (Å²) < 4.78 is 11.2. The van der Waals surface area contributed by atoms with Crippen LogP contribution in [0.5, 0.6) is 11.5 Å². The van der Waals surface area contributed by atoms with Crippen LogP contribution in [0.25, 0.3) is 6.08 Å². The molecule has 2 aliphatic rings. The average molecular weight is 381 g/mol. The largest absolute Gasteiger partial charge is 0.486 e. The van der Waals surface area contributed by atoms with Gasteiger partial charge in [-0.1, -0.05) is 30.3 Å². The highest BCUT2D eigenvalue weighted by molar-refractivity contribution is 8.18. The number of hydrogen-bond acceptors (Lipinski definition) is 5. The lowest BCUT2D eigenvalue weighted by molar-refractivity contribution is -0.122. The molecule has 0 unspecified atom stereocenters. The molecule has 0 radical (unpaired) electrons. The number of carbonyl (C=O) groups is 2. The van der Waals surface area contributed by atoms with E-state index in [9.17, 15) is 9.59 Å². The van der Waals surface area contributed by atoms with E-state index in [1.54, 1.807) is 6.08 Å². The van der Waals surface area contributed by atoms with Crippen LogP contribution in [0.3, 0.4) is 0 Å². The third-order valence-electron chi connectivity index (χ3n) is 4.56. The summed E-state index contributed by atoms with van der Waals surface area (Å²) in [6.07, 6.45) is 2.41. The topological polar surface area (TPSA) is 55.8 Å². The molecule has 0 N–H and O–H groups in total. The van der Waals surface area contributed by atoms with E-state index < -0.39 is 0 Å². The van der Waals surface area contributed by atoms with Gasteiger partial charge in [0.2, 0.25) is 0 Å². The maximum absolute atomic E-state index is 12.7. The molecule has 6 heteroatoms. The van der Waals surface area contributed by atoms with Crippen LogP contribution in [-0.4, -0.2) is 35.8 Å². The minimum absolute atomic E-state index is 0.225. The zero-order valence-electron chi connectivity index (χ0n) is 14.9. The summed E-state index contributed by atoms with van der Waals surface area (Å²) in [4.78, 5) is 26.8. The van der Waals surface area contributed by atoms with Crippen molar-refractivity contribution in [3.8, 4) is 11.5 Å². The van der Waals surface area contributed by atoms with Crippen LogP contribution in [0.15, 0.2) is 47.4 Å². The Labute approximate surface area is 162 Å². The maximum Gasteiger partial charge on any atom is 0.293 e. The van der Waals surface area contributed by atoms with Gasteiger partial charge >= 0.3 is 0 Å². The smallest absolute Gasteiger partial charge is 0.293 e. The van der Waals surface area contributed by atoms with Gasteiger partial charge in [0, 0.05) is 6.54 Å². The molecular formula is C21H19NO4S. The van der Waals surface area contributed by atoms with Crippen LogP contribution in [0.2, 0.25) is 0 Å². The summed E-state index contributed by atoms with van der Waals surface area (Å²) in [7, 11) is 0. The lowest BCUT2D eigenvalue weighted by atomic mass is 10.1. The van der Waals surface area contributed by atoms with Crippen molar-refractivity contribution >= 4 is 29.0 Å². The number of carbonyl (C=O) groups excluding carboxylic acids is 2. The standard InChI is InChI=1S/C21H19NO4S/c1-14-11-17-18(26-10-9-25-17)12-16(14)13-19-20(23)22(21(24)27-19)8-7-15-5-3-2-4-6-15/h2-6,11-13H,7-10H2,1H3/b19-13-. The molecule has 0 spiro atoms. The first-order valence-electron chi connectivity index (χ1n) is 8.81. The minimum Gasteiger partial charge on any atom is -0.486 e. The van der Waals surface area contributed by atoms with Gasteiger partial charge in [-0.15, -0.1) is 0 Å². The van der Waals surface area contributed by atoms with Crippen molar-refractivity contribution in [3.63, 3.8) is 0 Å². The van der Waals surface area contributed by atoms with E-state index >= 15 is 0 Å². The molecular weight excluding hydrogens is 362 g/mol. The summed E-state index contributed by atoms with van der Waals surface area (Å²) in [5.74, 6) is 1.14. The molecule has 0 bridgehead atoms. The first-order valence-corrected chi connectivity index (χ1v) is 9.63. The molecule has 0 atom stereocenters. The second kappa shape index (κ2) is 7.48. The molecule has 2 aromatic carbocycles. The van der Waals surface area contributed by atoms with E-state index in [1.165, 1.54) is 4.90 Å². The Hall–Kier alpha value is -2.73. The molecule has 1 saturated heterocycles. The number of ether oxygens (including phenoxy) is 2. The Morgan fingerprint density at radius 1 is 1.07 bits per heavy atom. The summed E-state index contributed by atoms with van der Waals surface area (Å²) in [6, 6.07) is 13.6. The minimum atomic E-state index is -0.241. The predicted molar refractivity (Wildman–Crippen MR) is 105 cm³/mol. The SMILES string of the molecule is Cc1cc2c(cc1/C=C1\SC(=O)N(CCc3ccccc3)C1=O)OCCO2. The zero-order chi connectivity index (χ0) is 18.8. The van der Waals surface area contributed by atoms with E-state index in [4.69, 9.17) is 9.47 Å². The molecule has 0 saturated carbocycles. The summed E-state index contributed by atoms with van der Waals surface area (Å²) in [5.41, 5.74) is 2.92. The molecule has 5 nitrogen and oxygen atoms in total. The third kappa shape index (κ3) is 3.71. The number of fused-ring (bicyclic) bond motifs is 1.